The van der Waals surface area contributed by atoms with Gasteiger partial charge in [0.05, 0.1) is 24.9 Å². The van der Waals surface area contributed by atoms with E-state index in [1.165, 1.54) is 7.11 Å². The van der Waals surface area contributed by atoms with Crippen LogP contribution in [0.4, 0.5) is 0 Å². The summed E-state index contributed by atoms with van der Waals surface area (Å²) in [4.78, 5) is 39.3. The Morgan fingerprint density at radius 1 is 0.867 bits per heavy atom. The molecule has 0 saturated carbocycles. The normalized spacial score (nSPS) is 19.4. The number of carboxylic acid groups (broad SMARTS) is 4. The molecular weight excluding hydrogens is 412 g/mol. The predicted octanol–water partition coefficient (Wildman–Crippen LogP) is -0.458. The van der Waals surface area contributed by atoms with Crippen LogP contribution in [0.25, 0.3) is 0 Å². The molecule has 1 unspecified atom stereocenters. The third-order valence-corrected chi connectivity index (χ3v) is 2.83. The second-order valence-electron chi connectivity index (χ2n) is 5.22. The van der Waals surface area contributed by atoms with Crippen LogP contribution in [-0.2, 0) is 38.1 Å². The highest BCUT2D eigenvalue weighted by molar-refractivity contribution is 5.68. The van der Waals surface area contributed by atoms with Crippen molar-refractivity contribution in [3.05, 3.63) is 0 Å². The van der Waals surface area contributed by atoms with Crippen LogP contribution < -0.4 is 0 Å². The molecule has 0 aliphatic carbocycles. The third-order valence-electron chi connectivity index (χ3n) is 2.83. The zero-order chi connectivity index (χ0) is 24.1. The minimum atomic E-state index is -1.19. The molecule has 1 aliphatic heterocycles. The molecule has 13 nitrogen and oxygen atoms in total. The fourth-order valence-electron chi connectivity index (χ4n) is 1.70. The third kappa shape index (κ3) is 23.7. The predicted molar refractivity (Wildman–Crippen MR) is 100 cm³/mol. The first-order chi connectivity index (χ1) is 14.0. The van der Waals surface area contributed by atoms with Crippen LogP contribution in [0, 0.1) is 0 Å². The van der Waals surface area contributed by atoms with E-state index in [1.54, 1.807) is 6.92 Å². The molecule has 0 aromatic rings. The van der Waals surface area contributed by atoms with E-state index in [2.05, 4.69) is 4.74 Å². The van der Waals surface area contributed by atoms with Crippen LogP contribution in [0.2, 0.25) is 0 Å². The molecule has 0 amide bonds. The zero-order valence-electron chi connectivity index (χ0n) is 17.5. The summed E-state index contributed by atoms with van der Waals surface area (Å²) in [5, 5.41) is 39.8. The summed E-state index contributed by atoms with van der Waals surface area (Å²) in [5.74, 6) is -4.22. The molecule has 5 N–H and O–H groups in total. The largest absolute Gasteiger partial charge is 0.480 e. The van der Waals surface area contributed by atoms with Gasteiger partial charge in [0, 0.05) is 13.5 Å². The highest BCUT2D eigenvalue weighted by atomic mass is 16.6. The Hall–Kier alpha value is -2.32. The summed E-state index contributed by atoms with van der Waals surface area (Å²) < 4.78 is 19.8. The molecule has 13 heteroatoms. The van der Waals surface area contributed by atoms with E-state index in [0.717, 1.165) is 0 Å². The highest BCUT2D eigenvalue weighted by Crippen LogP contribution is 2.19. The Labute approximate surface area is 174 Å². The van der Waals surface area contributed by atoms with E-state index in [4.69, 9.17) is 44.5 Å². The molecule has 0 spiro atoms. The van der Waals surface area contributed by atoms with Gasteiger partial charge in [0.1, 0.15) is 26.4 Å². The van der Waals surface area contributed by atoms with Gasteiger partial charge in [-0.15, -0.1) is 0 Å². The highest BCUT2D eigenvalue weighted by Gasteiger charge is 2.30. The van der Waals surface area contributed by atoms with Crippen molar-refractivity contribution in [3.8, 4) is 0 Å². The Bertz CT molecular complexity index is 480. The summed E-state index contributed by atoms with van der Waals surface area (Å²) in [7, 11) is 1.34. The molecule has 1 fully saturated rings. The van der Waals surface area contributed by atoms with Crippen LogP contribution in [0.3, 0.4) is 0 Å². The van der Waals surface area contributed by atoms with Gasteiger partial charge in [0.15, 0.2) is 0 Å². The Balaban J connectivity index is -0.000000462. The number of methoxy groups -OCH3 is 1. The number of aliphatic hydroxyl groups is 1. The average Bonchev–Trinajstić information content (AvgIpc) is 2.68. The van der Waals surface area contributed by atoms with Crippen molar-refractivity contribution in [1.82, 2.24) is 0 Å². The maximum atomic E-state index is 10.4. The maximum Gasteiger partial charge on any atom is 0.329 e. The van der Waals surface area contributed by atoms with Gasteiger partial charge in [-0.2, -0.15) is 0 Å². The fourth-order valence-corrected chi connectivity index (χ4v) is 1.70. The van der Waals surface area contributed by atoms with E-state index in [0.29, 0.717) is 13.0 Å². The minimum absolute atomic E-state index is 0.208. The first-order valence-electron chi connectivity index (χ1n) is 8.85. The summed E-state index contributed by atoms with van der Waals surface area (Å²) in [6, 6.07) is 0. The summed E-state index contributed by atoms with van der Waals surface area (Å²) >= 11 is 0. The van der Waals surface area contributed by atoms with Crippen molar-refractivity contribution in [2.24, 2.45) is 0 Å². The van der Waals surface area contributed by atoms with Gasteiger partial charge >= 0.3 is 23.9 Å². The van der Waals surface area contributed by atoms with Gasteiger partial charge in [-0.05, 0) is 6.92 Å². The molecule has 0 aromatic carbocycles. The van der Waals surface area contributed by atoms with Crippen molar-refractivity contribution < 1.29 is 63.7 Å². The lowest BCUT2D eigenvalue weighted by Gasteiger charge is -2.33. The lowest BCUT2D eigenvalue weighted by Crippen LogP contribution is -2.43. The lowest BCUT2D eigenvalue weighted by atomic mass is 10.0. The van der Waals surface area contributed by atoms with E-state index >= 15 is 0 Å². The van der Waals surface area contributed by atoms with E-state index < -0.39 is 49.8 Å². The van der Waals surface area contributed by atoms with E-state index in [9.17, 15) is 14.4 Å². The SMILES string of the molecule is CC.COCC(=O)O.C[C@@H]1OC[C@H](OCC(=O)O)CC1OCC(=O)O.O=C(O)CO. The average molecular weight is 444 g/mol. The maximum absolute atomic E-state index is 10.4. The van der Waals surface area contributed by atoms with Crippen molar-refractivity contribution in [2.45, 2.75) is 45.5 Å². The van der Waals surface area contributed by atoms with E-state index in [-0.39, 0.29) is 18.8 Å². The fraction of sp³-hybridized carbons (Fsp3) is 0.765. The molecule has 0 aromatic heterocycles. The van der Waals surface area contributed by atoms with Gasteiger partial charge in [0.25, 0.3) is 0 Å². The number of rotatable bonds is 9. The molecule has 0 radical (unpaired) electrons. The van der Waals surface area contributed by atoms with Crippen LogP contribution in [0.5, 0.6) is 0 Å². The second-order valence-corrected chi connectivity index (χ2v) is 5.22. The van der Waals surface area contributed by atoms with Crippen molar-refractivity contribution in [2.75, 3.05) is 40.1 Å². The zero-order valence-corrected chi connectivity index (χ0v) is 17.5. The molecule has 0 bridgehead atoms. The number of hydrogen-bond donors (Lipinski definition) is 5. The number of carbonyl (C=O) groups is 4. The van der Waals surface area contributed by atoms with Crippen LogP contribution in [-0.4, -0.2) is 108 Å². The summed E-state index contributed by atoms with van der Waals surface area (Å²) in [5.41, 5.74) is 0. The number of ether oxygens (including phenoxy) is 4. The van der Waals surface area contributed by atoms with Crippen molar-refractivity contribution in [3.63, 3.8) is 0 Å². The summed E-state index contributed by atoms with van der Waals surface area (Å²) in [6.45, 7) is 4.29. The van der Waals surface area contributed by atoms with Gasteiger partial charge in [-0.3, -0.25) is 0 Å². The number of carboxylic acids is 4. The molecule has 30 heavy (non-hydrogen) atoms. The Morgan fingerprint density at radius 2 is 1.30 bits per heavy atom. The molecule has 1 heterocycles. The molecule has 1 aliphatic rings. The molecule has 1 rings (SSSR count). The topological polar surface area (TPSA) is 206 Å². The van der Waals surface area contributed by atoms with Gasteiger partial charge in [-0.1, -0.05) is 13.8 Å². The van der Waals surface area contributed by atoms with Gasteiger partial charge in [0.2, 0.25) is 0 Å². The van der Waals surface area contributed by atoms with Gasteiger partial charge < -0.3 is 44.5 Å². The molecule has 1 saturated heterocycles. The smallest absolute Gasteiger partial charge is 0.329 e. The van der Waals surface area contributed by atoms with Crippen molar-refractivity contribution in [1.29, 1.82) is 0 Å². The summed E-state index contributed by atoms with van der Waals surface area (Å²) in [6.07, 6.45) is -0.555. The Morgan fingerprint density at radius 3 is 1.63 bits per heavy atom. The second kappa shape index (κ2) is 21.4. The van der Waals surface area contributed by atoms with E-state index in [1.807, 2.05) is 13.8 Å². The molecule has 3 atom stereocenters. The minimum Gasteiger partial charge on any atom is -0.480 e. The van der Waals surface area contributed by atoms with Gasteiger partial charge in [-0.25, -0.2) is 19.2 Å². The number of hydrogen-bond acceptors (Lipinski definition) is 9. The number of aliphatic carboxylic acids is 4. The standard InChI is InChI=1S/C10H16O7.C3H6O3.C2H4O3.C2H6/c1-6-8(17-5-10(13)14)2-7(3-15-6)16-4-9(11)12;1-6-2-3(4)5;3-1-2(4)5;1-2/h6-8H,2-5H2,1H3,(H,11,12)(H,13,14);2H2,1H3,(H,4,5);3H,1H2,(H,4,5);1-2H3/t6-,7+,8?;;;/m0.../s1. The first kappa shape index (κ1) is 32.3. The lowest BCUT2D eigenvalue weighted by molar-refractivity contribution is -0.172. The van der Waals surface area contributed by atoms with Crippen LogP contribution in [0.15, 0.2) is 0 Å². The molecular formula is C17H32O13. The number of aliphatic hydroxyl groups excluding tert-OH is 1. The van der Waals surface area contributed by atoms with Crippen LogP contribution >= 0.6 is 0 Å². The quantitative estimate of drug-likeness (QED) is 0.305. The first-order valence-corrected chi connectivity index (χ1v) is 8.85. The van der Waals surface area contributed by atoms with Crippen LogP contribution in [0.1, 0.15) is 27.2 Å². The van der Waals surface area contributed by atoms with Crippen molar-refractivity contribution >= 4 is 23.9 Å². The molecule has 178 valence electrons. The Kier molecular flexibility index (Phi) is 23.1. The monoisotopic (exact) mass is 444 g/mol.